The van der Waals surface area contributed by atoms with Crippen LogP contribution in [0.2, 0.25) is 0 Å². The molecule has 0 unspecified atom stereocenters. The molecular weight excluding hydrogens is 402 g/mol. The van der Waals surface area contributed by atoms with E-state index in [1.807, 2.05) is 41.3 Å². The largest absolute Gasteiger partial charge is 0.465 e. The minimum Gasteiger partial charge on any atom is -0.465 e. The van der Waals surface area contributed by atoms with Gasteiger partial charge in [0.1, 0.15) is 6.54 Å². The van der Waals surface area contributed by atoms with Gasteiger partial charge in [0.05, 0.1) is 19.3 Å². The third-order valence-electron chi connectivity index (χ3n) is 4.99. The van der Waals surface area contributed by atoms with Crippen molar-refractivity contribution in [1.29, 1.82) is 0 Å². The Balaban J connectivity index is 1.79. The lowest BCUT2D eigenvalue weighted by molar-refractivity contribution is -0.141. The first-order chi connectivity index (χ1) is 12.5. The van der Waals surface area contributed by atoms with Crippen molar-refractivity contribution in [2.75, 3.05) is 33.4 Å². The molecule has 0 bridgehead atoms. The summed E-state index contributed by atoms with van der Waals surface area (Å²) in [6, 6.07) is 7.83. The predicted octanol–water partition coefficient (Wildman–Crippen LogP) is 2.33. The van der Waals surface area contributed by atoms with Crippen molar-refractivity contribution in [2.24, 2.45) is 5.92 Å². The number of benzene rings is 1. The van der Waals surface area contributed by atoms with Crippen molar-refractivity contribution in [3.8, 4) is 0 Å². The fraction of sp³-hybridized carbons (Fsp3) is 0.556. The second-order valence-electron chi connectivity index (χ2n) is 6.56. The van der Waals surface area contributed by atoms with Crippen LogP contribution in [0, 0.1) is 5.92 Å². The highest BCUT2D eigenvalue weighted by Gasteiger charge is 2.44. The van der Waals surface area contributed by atoms with Crippen LogP contribution >= 0.6 is 15.9 Å². The maximum Gasteiger partial charge on any atom is 0.325 e. The lowest BCUT2D eigenvalue weighted by atomic mass is 9.86. The highest BCUT2D eigenvalue weighted by Crippen LogP contribution is 2.40. The Hall–Kier alpha value is -1.64. The molecule has 2 fully saturated rings. The second kappa shape index (κ2) is 8.37. The first-order valence-corrected chi connectivity index (χ1v) is 9.60. The molecule has 2 aliphatic rings. The van der Waals surface area contributed by atoms with Gasteiger partial charge < -0.3 is 15.0 Å². The lowest BCUT2D eigenvalue weighted by Crippen LogP contribution is -2.53. The number of nitrogens with zero attached hydrogens (tertiary/aromatic N) is 2. The van der Waals surface area contributed by atoms with Gasteiger partial charge in [-0.05, 0) is 25.0 Å². The average molecular weight is 426 g/mol. The number of rotatable bonds is 4. The van der Waals surface area contributed by atoms with Crippen molar-refractivity contribution in [1.82, 2.24) is 15.3 Å². The number of urea groups is 1. The first kappa shape index (κ1) is 19.1. The van der Waals surface area contributed by atoms with Crippen LogP contribution in [0.15, 0.2) is 28.7 Å². The van der Waals surface area contributed by atoms with Gasteiger partial charge in [-0.25, -0.2) is 4.79 Å². The monoisotopic (exact) mass is 425 g/mol. The van der Waals surface area contributed by atoms with Crippen LogP contribution in [0.3, 0.4) is 0 Å². The van der Waals surface area contributed by atoms with Gasteiger partial charge in [0.2, 0.25) is 0 Å². The SMILES string of the molecule is CCOC(=O)CNC(=O)N1C[C@H]2CON(C)[C@H]2C[C@H]1c1ccccc1Br. The van der Waals surface area contributed by atoms with Crippen LogP contribution in [0.25, 0.3) is 0 Å². The molecule has 1 N–H and O–H groups in total. The molecule has 7 nitrogen and oxygen atoms in total. The van der Waals surface area contributed by atoms with Crippen LogP contribution in [0.5, 0.6) is 0 Å². The molecule has 0 aromatic heterocycles. The van der Waals surface area contributed by atoms with E-state index in [2.05, 4.69) is 21.2 Å². The Labute approximate surface area is 161 Å². The Morgan fingerprint density at radius 3 is 2.88 bits per heavy atom. The van der Waals surface area contributed by atoms with Crippen LogP contribution in [0.1, 0.15) is 24.9 Å². The number of hydroxylamine groups is 2. The highest BCUT2D eigenvalue weighted by molar-refractivity contribution is 9.10. The molecule has 2 saturated heterocycles. The van der Waals surface area contributed by atoms with Gasteiger partial charge in [-0.15, -0.1) is 0 Å². The van der Waals surface area contributed by atoms with E-state index in [-0.39, 0.29) is 30.6 Å². The molecule has 0 aliphatic carbocycles. The van der Waals surface area contributed by atoms with Crippen molar-refractivity contribution >= 4 is 27.9 Å². The molecular formula is C18H24BrN3O4. The predicted molar refractivity (Wildman–Crippen MR) is 99.2 cm³/mol. The average Bonchev–Trinajstić information content (AvgIpc) is 3.00. The number of piperidine rings is 1. The molecule has 0 spiro atoms. The maximum absolute atomic E-state index is 12.8. The summed E-state index contributed by atoms with van der Waals surface area (Å²) in [5.41, 5.74) is 1.05. The fourth-order valence-electron chi connectivity index (χ4n) is 3.69. The maximum atomic E-state index is 12.8. The molecule has 1 aromatic rings. The van der Waals surface area contributed by atoms with Crippen LogP contribution in [0.4, 0.5) is 4.79 Å². The number of nitrogens with one attached hydrogen (secondary N) is 1. The molecule has 3 atom stereocenters. The molecule has 0 saturated carbocycles. The minimum atomic E-state index is -0.433. The second-order valence-corrected chi connectivity index (χ2v) is 7.41. The van der Waals surface area contributed by atoms with Crippen molar-refractivity contribution < 1.29 is 19.2 Å². The number of halogens is 1. The van der Waals surface area contributed by atoms with E-state index < -0.39 is 5.97 Å². The molecule has 8 heteroatoms. The molecule has 2 amide bonds. The van der Waals surface area contributed by atoms with E-state index in [0.717, 1.165) is 16.5 Å². The number of esters is 1. The normalized spacial score (nSPS) is 25.7. The van der Waals surface area contributed by atoms with E-state index in [9.17, 15) is 9.59 Å². The minimum absolute atomic E-state index is 0.0989. The van der Waals surface area contributed by atoms with Crippen molar-refractivity contribution in [3.63, 3.8) is 0 Å². The van der Waals surface area contributed by atoms with Gasteiger partial charge in [-0.3, -0.25) is 9.63 Å². The van der Waals surface area contributed by atoms with Crippen LogP contribution in [-0.2, 0) is 14.4 Å². The van der Waals surface area contributed by atoms with Gasteiger partial charge in [0.25, 0.3) is 0 Å². The Kier molecular flexibility index (Phi) is 6.16. The quantitative estimate of drug-likeness (QED) is 0.749. The number of amides is 2. The molecule has 1 aromatic carbocycles. The zero-order valence-corrected chi connectivity index (χ0v) is 16.6. The van der Waals surface area contributed by atoms with Crippen LogP contribution in [-0.4, -0.2) is 61.4 Å². The molecule has 142 valence electrons. The van der Waals surface area contributed by atoms with E-state index >= 15 is 0 Å². The number of hydrogen-bond acceptors (Lipinski definition) is 5. The zero-order chi connectivity index (χ0) is 18.7. The number of carbonyl (C=O) groups excluding carboxylic acids is 2. The Bertz CT molecular complexity index is 672. The van der Waals surface area contributed by atoms with Crippen molar-refractivity contribution in [2.45, 2.75) is 25.4 Å². The Morgan fingerprint density at radius 1 is 1.38 bits per heavy atom. The number of hydrogen-bond donors (Lipinski definition) is 1. The smallest absolute Gasteiger partial charge is 0.325 e. The summed E-state index contributed by atoms with van der Waals surface area (Å²) in [6.07, 6.45) is 0.774. The lowest BCUT2D eigenvalue weighted by Gasteiger charge is -2.42. The van der Waals surface area contributed by atoms with Gasteiger partial charge >= 0.3 is 12.0 Å². The molecule has 0 radical (unpaired) electrons. The van der Waals surface area contributed by atoms with Gasteiger partial charge in [-0.1, -0.05) is 34.1 Å². The van der Waals surface area contributed by atoms with E-state index in [0.29, 0.717) is 19.8 Å². The molecule has 26 heavy (non-hydrogen) atoms. The van der Waals surface area contributed by atoms with Gasteiger partial charge in [-0.2, -0.15) is 5.06 Å². The topological polar surface area (TPSA) is 71.1 Å². The van der Waals surface area contributed by atoms with E-state index in [1.165, 1.54) is 0 Å². The summed E-state index contributed by atoms with van der Waals surface area (Å²) in [5, 5.41) is 4.60. The standard InChI is InChI=1S/C18H24BrN3O4/c1-3-25-17(23)9-20-18(24)22-10-12-11-26-21(2)15(12)8-16(22)13-6-4-5-7-14(13)19/h4-7,12,15-16H,3,8-11H2,1-2H3,(H,20,24)/t12-,15-,16-/m0/s1. The highest BCUT2D eigenvalue weighted by atomic mass is 79.9. The fourth-order valence-corrected chi connectivity index (χ4v) is 4.24. The third-order valence-corrected chi connectivity index (χ3v) is 5.71. The van der Waals surface area contributed by atoms with Crippen molar-refractivity contribution in [3.05, 3.63) is 34.3 Å². The summed E-state index contributed by atoms with van der Waals surface area (Å²) in [7, 11) is 1.94. The molecule has 3 rings (SSSR count). The number of fused-ring (bicyclic) bond motifs is 1. The summed E-state index contributed by atoms with van der Waals surface area (Å²) in [4.78, 5) is 31.9. The van der Waals surface area contributed by atoms with E-state index in [1.54, 1.807) is 6.92 Å². The number of likely N-dealkylation sites (tertiary alicyclic amines) is 1. The van der Waals surface area contributed by atoms with E-state index in [4.69, 9.17) is 9.57 Å². The summed E-state index contributed by atoms with van der Waals surface area (Å²) in [5.74, 6) is -0.177. The Morgan fingerprint density at radius 2 is 2.15 bits per heavy atom. The summed E-state index contributed by atoms with van der Waals surface area (Å²) in [6.45, 7) is 3.09. The number of carbonyl (C=O) groups is 2. The van der Waals surface area contributed by atoms with Crippen LogP contribution < -0.4 is 5.32 Å². The molecule has 2 heterocycles. The summed E-state index contributed by atoms with van der Waals surface area (Å²) >= 11 is 3.60. The third kappa shape index (κ3) is 4.02. The van der Waals surface area contributed by atoms with Gasteiger partial charge in [0, 0.05) is 30.0 Å². The zero-order valence-electron chi connectivity index (χ0n) is 15.0. The van der Waals surface area contributed by atoms with Gasteiger partial charge in [0.15, 0.2) is 0 Å². The molecule has 2 aliphatic heterocycles. The summed E-state index contributed by atoms with van der Waals surface area (Å²) < 4.78 is 5.85. The first-order valence-electron chi connectivity index (χ1n) is 8.81. The number of ether oxygens (including phenoxy) is 1.